The Morgan fingerprint density at radius 1 is 1.15 bits per heavy atom. The molecule has 1 aromatic heterocycles. The average molecular weight is 383 g/mol. The number of aromatic nitrogens is 1. The number of thiazole rings is 1. The van der Waals surface area contributed by atoms with Crippen molar-refractivity contribution in [2.45, 2.75) is 0 Å². The molecule has 0 saturated carbocycles. The molecule has 2 heterocycles. The van der Waals surface area contributed by atoms with E-state index in [-0.39, 0.29) is 11.5 Å². The van der Waals surface area contributed by atoms with Crippen molar-refractivity contribution in [2.75, 3.05) is 36.5 Å². The van der Waals surface area contributed by atoms with Gasteiger partial charge >= 0.3 is 0 Å². The molecule has 7 heteroatoms. The lowest BCUT2D eigenvalue weighted by molar-refractivity contribution is 0.102. The zero-order valence-corrected chi connectivity index (χ0v) is 15.3. The summed E-state index contributed by atoms with van der Waals surface area (Å²) in [6.07, 6.45) is 0. The summed E-state index contributed by atoms with van der Waals surface area (Å²) >= 11 is 1.62. The number of hydrogen-bond acceptors (Lipinski definition) is 5. The fourth-order valence-electron chi connectivity index (χ4n) is 2.85. The first-order chi connectivity index (χ1) is 13.2. The highest BCUT2D eigenvalue weighted by atomic mass is 32.1. The summed E-state index contributed by atoms with van der Waals surface area (Å²) in [5.74, 6) is -0.775. The van der Waals surface area contributed by atoms with Gasteiger partial charge in [0.2, 0.25) is 0 Å². The second-order valence-corrected chi connectivity index (χ2v) is 6.99. The predicted octanol–water partition coefficient (Wildman–Crippen LogP) is 4.04. The number of hydrogen-bond donors (Lipinski definition) is 1. The fourth-order valence-corrected chi connectivity index (χ4v) is 3.74. The first kappa shape index (κ1) is 17.6. The number of benzene rings is 2. The topological polar surface area (TPSA) is 54.5 Å². The van der Waals surface area contributed by atoms with Crippen LogP contribution in [0, 0.1) is 5.82 Å². The van der Waals surface area contributed by atoms with Crippen LogP contribution in [0.25, 0.3) is 11.3 Å². The zero-order chi connectivity index (χ0) is 18.6. The minimum atomic E-state index is -0.433. The van der Waals surface area contributed by atoms with Crippen LogP contribution in [0.4, 0.5) is 15.2 Å². The van der Waals surface area contributed by atoms with E-state index in [0.717, 1.165) is 42.7 Å². The third kappa shape index (κ3) is 4.15. The van der Waals surface area contributed by atoms with E-state index in [1.165, 1.54) is 18.2 Å². The molecule has 3 aromatic rings. The molecule has 0 aliphatic carbocycles. The highest BCUT2D eigenvalue weighted by Crippen LogP contribution is 2.28. The molecule has 138 valence electrons. The number of rotatable bonds is 4. The zero-order valence-electron chi connectivity index (χ0n) is 14.5. The number of carbonyl (C=O) groups is 1. The maximum Gasteiger partial charge on any atom is 0.255 e. The second-order valence-electron chi connectivity index (χ2n) is 6.16. The van der Waals surface area contributed by atoms with Crippen LogP contribution in [0.1, 0.15) is 10.4 Å². The minimum absolute atomic E-state index is 0.286. The number of halogens is 1. The lowest BCUT2D eigenvalue weighted by Crippen LogP contribution is -2.36. The summed E-state index contributed by atoms with van der Waals surface area (Å²) in [5, 5.41) is 5.81. The second kappa shape index (κ2) is 7.85. The van der Waals surface area contributed by atoms with Crippen molar-refractivity contribution < 1.29 is 13.9 Å². The van der Waals surface area contributed by atoms with Crippen molar-refractivity contribution in [1.29, 1.82) is 0 Å². The van der Waals surface area contributed by atoms with Crippen molar-refractivity contribution >= 4 is 28.1 Å². The number of anilines is 2. The number of carbonyl (C=O) groups excluding carboxylic acids is 1. The molecule has 1 amide bonds. The summed E-state index contributed by atoms with van der Waals surface area (Å²) in [5.41, 5.74) is 2.82. The van der Waals surface area contributed by atoms with Gasteiger partial charge in [-0.3, -0.25) is 4.79 Å². The summed E-state index contributed by atoms with van der Waals surface area (Å²) in [4.78, 5) is 19.1. The molecule has 0 unspecified atom stereocenters. The monoisotopic (exact) mass is 383 g/mol. The van der Waals surface area contributed by atoms with E-state index in [0.29, 0.717) is 5.69 Å². The predicted molar refractivity (Wildman–Crippen MR) is 105 cm³/mol. The number of morpholine rings is 1. The van der Waals surface area contributed by atoms with Gasteiger partial charge in [0.1, 0.15) is 5.82 Å². The SMILES string of the molecule is O=C(Nc1ccc(-c2csc(N3CCOCC3)n2)cc1)c1cccc(F)c1. The van der Waals surface area contributed by atoms with Crippen LogP contribution in [-0.2, 0) is 4.74 Å². The fraction of sp³-hybridized carbons (Fsp3) is 0.200. The summed E-state index contributed by atoms with van der Waals surface area (Å²) in [6.45, 7) is 3.18. The van der Waals surface area contributed by atoms with Gasteiger partial charge in [0.05, 0.1) is 18.9 Å². The van der Waals surface area contributed by atoms with E-state index in [2.05, 4.69) is 10.2 Å². The number of nitrogens with zero attached hydrogens (tertiary/aromatic N) is 2. The third-order valence-electron chi connectivity index (χ3n) is 4.30. The molecule has 27 heavy (non-hydrogen) atoms. The van der Waals surface area contributed by atoms with E-state index < -0.39 is 5.82 Å². The first-order valence-electron chi connectivity index (χ1n) is 8.64. The molecule has 1 fully saturated rings. The number of ether oxygens (including phenoxy) is 1. The van der Waals surface area contributed by atoms with Gasteiger partial charge < -0.3 is 15.0 Å². The smallest absolute Gasteiger partial charge is 0.255 e. The van der Waals surface area contributed by atoms with Gasteiger partial charge in [-0.2, -0.15) is 0 Å². The normalized spacial score (nSPS) is 14.2. The Morgan fingerprint density at radius 2 is 1.93 bits per heavy atom. The van der Waals surface area contributed by atoms with Crippen molar-refractivity contribution in [3.05, 3.63) is 65.3 Å². The van der Waals surface area contributed by atoms with Gasteiger partial charge in [-0.25, -0.2) is 9.37 Å². The quantitative estimate of drug-likeness (QED) is 0.739. The van der Waals surface area contributed by atoms with Gasteiger partial charge in [0, 0.05) is 35.3 Å². The van der Waals surface area contributed by atoms with Crippen molar-refractivity contribution in [3.63, 3.8) is 0 Å². The average Bonchev–Trinajstić information content (AvgIpc) is 3.19. The lowest BCUT2D eigenvalue weighted by atomic mass is 10.1. The van der Waals surface area contributed by atoms with E-state index >= 15 is 0 Å². The molecular formula is C20H18FN3O2S. The number of amides is 1. The maximum absolute atomic E-state index is 13.2. The Morgan fingerprint density at radius 3 is 2.67 bits per heavy atom. The molecule has 1 saturated heterocycles. The van der Waals surface area contributed by atoms with E-state index in [9.17, 15) is 9.18 Å². The van der Waals surface area contributed by atoms with Crippen molar-refractivity contribution in [1.82, 2.24) is 4.98 Å². The Hall–Kier alpha value is -2.77. The van der Waals surface area contributed by atoms with Crippen molar-refractivity contribution in [3.8, 4) is 11.3 Å². The van der Waals surface area contributed by atoms with Crippen LogP contribution in [0.15, 0.2) is 53.9 Å². The summed E-state index contributed by atoms with van der Waals surface area (Å²) in [6, 6.07) is 13.1. The van der Waals surface area contributed by atoms with Gasteiger partial charge in [-0.05, 0) is 30.3 Å². The van der Waals surface area contributed by atoms with Crippen LogP contribution >= 0.6 is 11.3 Å². The molecule has 2 aromatic carbocycles. The largest absolute Gasteiger partial charge is 0.378 e. The van der Waals surface area contributed by atoms with Gasteiger partial charge in [0.15, 0.2) is 5.13 Å². The van der Waals surface area contributed by atoms with Crippen LogP contribution in [0.2, 0.25) is 0 Å². The molecule has 1 aliphatic rings. The van der Waals surface area contributed by atoms with Gasteiger partial charge in [0.25, 0.3) is 5.91 Å². The summed E-state index contributed by atoms with van der Waals surface area (Å²) in [7, 11) is 0. The molecule has 0 spiro atoms. The molecule has 5 nitrogen and oxygen atoms in total. The highest BCUT2D eigenvalue weighted by Gasteiger charge is 2.15. The van der Waals surface area contributed by atoms with E-state index in [4.69, 9.17) is 9.72 Å². The molecule has 1 N–H and O–H groups in total. The van der Waals surface area contributed by atoms with Crippen LogP contribution in [0.3, 0.4) is 0 Å². The van der Waals surface area contributed by atoms with Gasteiger partial charge in [-0.15, -0.1) is 11.3 Å². The molecule has 4 rings (SSSR count). The molecule has 0 atom stereocenters. The van der Waals surface area contributed by atoms with Crippen LogP contribution in [0.5, 0.6) is 0 Å². The minimum Gasteiger partial charge on any atom is -0.378 e. The van der Waals surface area contributed by atoms with Crippen molar-refractivity contribution in [2.24, 2.45) is 0 Å². The molecule has 0 bridgehead atoms. The Bertz CT molecular complexity index is 936. The summed E-state index contributed by atoms with van der Waals surface area (Å²) < 4.78 is 18.6. The third-order valence-corrected chi connectivity index (χ3v) is 5.20. The molecule has 0 radical (unpaired) electrons. The van der Waals surface area contributed by atoms with E-state index in [1.807, 2.05) is 29.6 Å². The molecular weight excluding hydrogens is 365 g/mol. The Kier molecular flexibility index (Phi) is 5.13. The highest BCUT2D eigenvalue weighted by molar-refractivity contribution is 7.14. The Labute approximate surface area is 160 Å². The molecule has 1 aliphatic heterocycles. The first-order valence-corrected chi connectivity index (χ1v) is 9.52. The van der Waals surface area contributed by atoms with E-state index in [1.54, 1.807) is 17.4 Å². The maximum atomic E-state index is 13.2. The Balaban J connectivity index is 1.44. The van der Waals surface area contributed by atoms with Crippen LogP contribution in [-0.4, -0.2) is 37.2 Å². The lowest BCUT2D eigenvalue weighted by Gasteiger charge is -2.26. The standard InChI is InChI=1S/C20H18FN3O2S/c21-16-3-1-2-15(12-16)19(25)22-17-6-4-14(5-7-17)18-13-27-20(23-18)24-8-10-26-11-9-24/h1-7,12-13H,8-11H2,(H,22,25). The van der Waals surface area contributed by atoms with Gasteiger partial charge in [-0.1, -0.05) is 18.2 Å². The number of nitrogens with one attached hydrogen (secondary N) is 1. The van der Waals surface area contributed by atoms with Crippen LogP contribution < -0.4 is 10.2 Å².